The summed E-state index contributed by atoms with van der Waals surface area (Å²) in [5, 5.41) is 0. The molecule has 0 aliphatic heterocycles. The van der Waals surface area contributed by atoms with E-state index in [0.29, 0.717) is 0 Å². The molecule has 0 saturated heterocycles. The highest BCUT2D eigenvalue weighted by molar-refractivity contribution is 5.93. The monoisotopic (exact) mass is 610 g/mol. The summed E-state index contributed by atoms with van der Waals surface area (Å²) >= 11 is 0. The molecule has 0 aliphatic rings. The molecule has 0 saturated carbocycles. The van der Waals surface area contributed by atoms with Crippen molar-refractivity contribution in [3.63, 3.8) is 0 Å². The van der Waals surface area contributed by atoms with Gasteiger partial charge < -0.3 is 4.74 Å². The Labute approximate surface area is 278 Å². The lowest BCUT2D eigenvalue weighted by molar-refractivity contribution is 0.101. The van der Waals surface area contributed by atoms with Gasteiger partial charge in [0.15, 0.2) is 5.78 Å². The molecule has 0 amide bonds. The highest BCUT2D eigenvalue weighted by Crippen LogP contribution is 2.05. The number of hydrogen-bond acceptors (Lipinski definition) is 2. The molecule has 6 aromatic rings. The first-order valence-electron chi connectivity index (χ1n) is 15.6. The van der Waals surface area contributed by atoms with Gasteiger partial charge in [0.2, 0.25) is 0 Å². The Hall–Kier alpha value is -5.21. The van der Waals surface area contributed by atoms with Gasteiger partial charge in [-0.05, 0) is 51.8 Å². The molecule has 0 atom stereocenters. The Balaban J connectivity index is 0.000000277. The Morgan fingerprint density at radius 1 is 0.457 bits per heavy atom. The maximum Gasteiger partial charge on any atom is 0.159 e. The second-order valence-electron chi connectivity index (χ2n) is 10.2. The number of carbonyl (C=O) groups is 1. The summed E-state index contributed by atoms with van der Waals surface area (Å²) < 4.78 is 4.91. The van der Waals surface area contributed by atoms with Crippen LogP contribution in [0, 0.1) is 20.8 Å². The van der Waals surface area contributed by atoms with Crippen LogP contribution in [-0.4, -0.2) is 12.9 Å². The molecule has 2 nitrogen and oxygen atoms in total. The molecule has 238 valence electrons. The van der Waals surface area contributed by atoms with Crippen LogP contribution >= 0.6 is 0 Å². The average Bonchev–Trinajstić information content (AvgIpc) is 3.12. The number of para-hydroxylation sites is 1. The molecule has 2 heteroatoms. The van der Waals surface area contributed by atoms with Gasteiger partial charge in [0.05, 0.1) is 7.11 Å². The van der Waals surface area contributed by atoms with E-state index in [9.17, 15) is 4.79 Å². The van der Waals surface area contributed by atoms with E-state index in [1.165, 1.54) is 22.3 Å². The van der Waals surface area contributed by atoms with E-state index in [4.69, 9.17) is 4.74 Å². The Morgan fingerprint density at radius 2 is 0.739 bits per heavy atom. The number of methoxy groups -OCH3 is 1. The molecule has 0 spiro atoms. The number of ether oxygens (including phenoxy) is 1. The van der Waals surface area contributed by atoms with Crippen LogP contribution in [0.1, 0.15) is 46.5 Å². The topological polar surface area (TPSA) is 26.3 Å². The third-order valence-corrected chi connectivity index (χ3v) is 6.23. The Bertz CT molecular complexity index is 1370. The van der Waals surface area contributed by atoms with Crippen LogP contribution in [0.15, 0.2) is 182 Å². The Morgan fingerprint density at radius 3 is 0.913 bits per heavy atom. The van der Waals surface area contributed by atoms with Crippen LogP contribution in [-0.2, 0) is 6.42 Å². The lowest BCUT2D eigenvalue weighted by atomic mass is 10.2. The van der Waals surface area contributed by atoms with E-state index >= 15 is 0 Å². The van der Waals surface area contributed by atoms with Crippen LogP contribution in [0.5, 0.6) is 5.75 Å². The number of benzene rings is 6. The predicted octanol–water partition coefficient (Wildman–Crippen LogP) is 11.8. The van der Waals surface area contributed by atoms with Crippen LogP contribution < -0.4 is 4.74 Å². The lowest BCUT2D eigenvalue weighted by Gasteiger charge is -1.93. The van der Waals surface area contributed by atoms with Crippen LogP contribution in [0.4, 0.5) is 0 Å². The number of Topliss-reactive ketones (excluding diaryl/α,β-unsaturated/α-hetero) is 1. The number of ketones is 1. The van der Waals surface area contributed by atoms with Crippen molar-refractivity contribution in [2.45, 2.75) is 41.0 Å². The molecule has 6 rings (SSSR count). The fourth-order valence-electron chi connectivity index (χ4n) is 3.55. The van der Waals surface area contributed by atoms with Crippen LogP contribution in [0.25, 0.3) is 0 Å². The van der Waals surface area contributed by atoms with Crippen LogP contribution in [0.3, 0.4) is 0 Å². The first kappa shape index (κ1) is 38.8. The summed E-state index contributed by atoms with van der Waals surface area (Å²) in [6, 6.07) is 60.1. The first-order valence-corrected chi connectivity index (χ1v) is 15.6. The van der Waals surface area contributed by atoms with E-state index in [-0.39, 0.29) is 5.78 Å². The highest BCUT2D eigenvalue weighted by Gasteiger charge is 1.92. The fraction of sp³-hybridized carbons (Fsp3) is 0.159. The molecule has 0 fully saturated rings. The summed E-state index contributed by atoms with van der Waals surface area (Å²) in [5.41, 5.74) is 6.15. The molecule has 0 bridgehead atoms. The first-order chi connectivity index (χ1) is 22.3. The maximum atomic E-state index is 10.6. The number of carbonyl (C=O) groups excluding carboxylic acids is 1. The molecule has 0 N–H and O–H groups in total. The SMILES string of the molecule is CC(=O)c1ccccc1.CCc1ccccc1.COc1ccccc1.Cc1ccccc1.Cc1ccccc1.Cc1ccccc1. The van der Waals surface area contributed by atoms with Gasteiger partial charge >= 0.3 is 0 Å². The van der Waals surface area contributed by atoms with Gasteiger partial charge in [-0.1, -0.05) is 193 Å². The van der Waals surface area contributed by atoms with Gasteiger partial charge in [-0.2, -0.15) is 0 Å². The second-order valence-corrected chi connectivity index (χ2v) is 10.2. The summed E-state index contributed by atoms with van der Waals surface area (Å²) in [7, 11) is 1.66. The van der Waals surface area contributed by atoms with Gasteiger partial charge in [0.1, 0.15) is 5.75 Å². The lowest BCUT2D eigenvalue weighted by Crippen LogP contribution is -1.88. The van der Waals surface area contributed by atoms with Crippen molar-refractivity contribution in [1.29, 1.82) is 0 Å². The zero-order valence-corrected chi connectivity index (χ0v) is 28.3. The third kappa shape index (κ3) is 21.5. The molecule has 0 radical (unpaired) electrons. The zero-order chi connectivity index (χ0) is 33.7. The quantitative estimate of drug-likeness (QED) is 0.186. The molecule has 46 heavy (non-hydrogen) atoms. The number of hydrogen-bond donors (Lipinski definition) is 0. The normalized spacial score (nSPS) is 8.83. The summed E-state index contributed by atoms with van der Waals surface area (Å²) in [6.45, 7) is 9.98. The summed E-state index contributed by atoms with van der Waals surface area (Å²) in [4.78, 5) is 10.6. The predicted molar refractivity (Wildman–Crippen MR) is 199 cm³/mol. The summed E-state index contributed by atoms with van der Waals surface area (Å²) in [5.74, 6) is 1.03. The largest absolute Gasteiger partial charge is 0.497 e. The molecule has 6 aromatic carbocycles. The number of aryl methyl sites for hydroxylation is 4. The molecular formula is C44H50O2. The molecular weight excluding hydrogens is 560 g/mol. The minimum Gasteiger partial charge on any atom is -0.497 e. The maximum absolute atomic E-state index is 10.6. The van der Waals surface area contributed by atoms with Crippen molar-refractivity contribution >= 4 is 5.78 Å². The smallest absolute Gasteiger partial charge is 0.159 e. The van der Waals surface area contributed by atoms with E-state index in [0.717, 1.165) is 17.7 Å². The fourth-order valence-corrected chi connectivity index (χ4v) is 3.55. The number of rotatable bonds is 3. The van der Waals surface area contributed by atoms with Crippen molar-refractivity contribution < 1.29 is 9.53 Å². The van der Waals surface area contributed by atoms with Gasteiger partial charge in [0.25, 0.3) is 0 Å². The molecule has 0 heterocycles. The zero-order valence-electron chi connectivity index (χ0n) is 28.3. The van der Waals surface area contributed by atoms with Gasteiger partial charge in [-0.15, -0.1) is 0 Å². The van der Waals surface area contributed by atoms with Crippen molar-refractivity contribution in [1.82, 2.24) is 0 Å². The summed E-state index contributed by atoms with van der Waals surface area (Å²) in [6.07, 6.45) is 1.14. The van der Waals surface area contributed by atoms with Gasteiger partial charge in [-0.25, -0.2) is 0 Å². The molecule has 0 aromatic heterocycles. The van der Waals surface area contributed by atoms with Crippen molar-refractivity contribution in [2.75, 3.05) is 7.11 Å². The van der Waals surface area contributed by atoms with E-state index in [1.54, 1.807) is 14.0 Å². The standard InChI is InChI=1S/C8H8O.C8H10.C7H8O.3C7H8/c1-7(9)8-5-3-2-4-6-8;1-2-8-6-4-3-5-7-8;1-8-7-5-3-2-4-6-7;3*1-7-5-3-2-4-6-7/h2-6H,1H3;3-7H,2H2,1H3;2-6H,1H3;3*2-6H,1H3. The second kappa shape index (κ2) is 26.2. The van der Waals surface area contributed by atoms with E-state index in [2.05, 4.69) is 88.4 Å². The van der Waals surface area contributed by atoms with Crippen molar-refractivity contribution in [3.8, 4) is 5.75 Å². The molecule has 0 aliphatic carbocycles. The van der Waals surface area contributed by atoms with Gasteiger partial charge in [0, 0.05) is 5.56 Å². The minimum absolute atomic E-state index is 0.121. The average molecular weight is 611 g/mol. The molecule has 0 unspecified atom stereocenters. The van der Waals surface area contributed by atoms with Gasteiger partial charge in [-0.3, -0.25) is 4.79 Å². The Kier molecular flexibility index (Phi) is 22.1. The van der Waals surface area contributed by atoms with E-state index < -0.39 is 0 Å². The third-order valence-electron chi connectivity index (χ3n) is 6.23. The van der Waals surface area contributed by atoms with Crippen LogP contribution in [0.2, 0.25) is 0 Å². The van der Waals surface area contributed by atoms with Crippen molar-refractivity contribution in [2.24, 2.45) is 0 Å². The van der Waals surface area contributed by atoms with Crippen molar-refractivity contribution in [3.05, 3.63) is 210 Å². The van der Waals surface area contributed by atoms with E-state index in [1.807, 2.05) is 121 Å². The minimum atomic E-state index is 0.121. The highest BCUT2D eigenvalue weighted by atomic mass is 16.5.